The van der Waals surface area contributed by atoms with E-state index >= 15 is 0 Å². The first kappa shape index (κ1) is 37.7. The zero-order valence-electron chi connectivity index (χ0n) is 29.3. The highest BCUT2D eigenvalue weighted by Gasteiger charge is 2.35. The van der Waals surface area contributed by atoms with Gasteiger partial charge in [0.2, 0.25) is 5.91 Å². The van der Waals surface area contributed by atoms with E-state index in [9.17, 15) is 19.5 Å². The molecule has 2 amide bonds. The number of para-hydroxylation sites is 1. The quantitative estimate of drug-likeness (QED) is 0.106. The first-order chi connectivity index (χ1) is 24.3. The number of nitrogens with one attached hydrogen (secondary N) is 2. The number of rotatable bonds is 14. The van der Waals surface area contributed by atoms with Crippen molar-refractivity contribution in [2.24, 2.45) is 0 Å². The van der Waals surface area contributed by atoms with Crippen LogP contribution in [-0.4, -0.2) is 75.7 Å². The third kappa shape index (κ3) is 10.3. The second-order valence-corrected chi connectivity index (χ2v) is 14.6. The molecule has 9 nitrogen and oxygen atoms in total. The van der Waals surface area contributed by atoms with Crippen LogP contribution < -0.4 is 5.32 Å². The van der Waals surface area contributed by atoms with Gasteiger partial charge in [0.1, 0.15) is 11.6 Å². The van der Waals surface area contributed by atoms with E-state index in [1.54, 1.807) is 44.9 Å². The number of nitrogens with zero attached hydrogens (tertiary/aromatic N) is 2. The van der Waals surface area contributed by atoms with Gasteiger partial charge in [0.25, 0.3) is 0 Å². The summed E-state index contributed by atoms with van der Waals surface area (Å²) >= 11 is 12.4. The van der Waals surface area contributed by atoms with E-state index in [2.05, 4.69) is 10.3 Å². The van der Waals surface area contributed by atoms with E-state index in [4.69, 9.17) is 27.9 Å². The van der Waals surface area contributed by atoms with Gasteiger partial charge in [0.15, 0.2) is 0 Å². The van der Waals surface area contributed by atoms with Crippen molar-refractivity contribution in [1.82, 2.24) is 20.1 Å². The molecule has 51 heavy (non-hydrogen) atoms. The molecule has 2 atom stereocenters. The Morgan fingerprint density at radius 2 is 1.59 bits per heavy atom. The summed E-state index contributed by atoms with van der Waals surface area (Å²) in [6.07, 6.45) is 1.81. The molecule has 0 saturated heterocycles. The Hall–Kier alpha value is -4.57. The maximum Gasteiger partial charge on any atom is 0.411 e. The summed E-state index contributed by atoms with van der Waals surface area (Å²) in [6.45, 7) is 5.88. The van der Waals surface area contributed by atoms with Crippen LogP contribution in [0.3, 0.4) is 0 Å². The summed E-state index contributed by atoms with van der Waals surface area (Å²) in [5.41, 5.74) is 2.79. The molecule has 268 valence electrons. The lowest BCUT2D eigenvalue weighted by molar-refractivity contribution is -0.137. The Kier molecular flexibility index (Phi) is 12.3. The van der Waals surface area contributed by atoms with E-state index in [1.165, 1.54) is 4.90 Å². The van der Waals surface area contributed by atoms with Gasteiger partial charge in [-0.3, -0.25) is 14.5 Å². The molecule has 5 aromatic rings. The normalized spacial score (nSPS) is 12.8. The van der Waals surface area contributed by atoms with E-state index in [1.807, 2.05) is 79.0 Å². The fourth-order valence-electron chi connectivity index (χ4n) is 6.24. The molecular weight excluding hydrogens is 687 g/mol. The summed E-state index contributed by atoms with van der Waals surface area (Å²) < 4.78 is 5.88. The monoisotopic (exact) mass is 730 g/mol. The molecule has 0 spiro atoms. The second-order valence-electron chi connectivity index (χ2n) is 13.8. The summed E-state index contributed by atoms with van der Waals surface area (Å²) in [5, 5.41) is 17.0. The van der Waals surface area contributed by atoms with Crippen molar-refractivity contribution in [2.75, 3.05) is 20.1 Å². The average Bonchev–Trinajstić information content (AvgIpc) is 3.48. The van der Waals surface area contributed by atoms with Crippen molar-refractivity contribution in [2.45, 2.75) is 64.3 Å². The minimum Gasteiger partial charge on any atom is -0.481 e. The summed E-state index contributed by atoms with van der Waals surface area (Å²) in [6, 6.07) is 25.7. The number of likely N-dealkylation sites (N-methyl/N-ethyl adjacent to an activating group) is 1. The third-order valence-electron chi connectivity index (χ3n) is 8.66. The standard InChI is InChI=1S/C40H44Cl2N4O5/c1-40(2,3)51-39(50)46(18-17-43-31(23-37(47)48)22-30-24-44-35-12-8-7-11-32(30)35)36(21-26-13-15-28-9-5-6-10-29(28)19-26)38(49)45(4)25-27-14-16-33(41)34(42)20-27/h5-16,19-20,24,31,36,43-44H,17-18,21-23,25H2,1-4H3,(H,47,48)/t31-,36-/m0/s1. The largest absolute Gasteiger partial charge is 0.481 e. The van der Waals surface area contributed by atoms with Crippen molar-refractivity contribution in [3.05, 3.63) is 118 Å². The maximum absolute atomic E-state index is 14.5. The smallest absolute Gasteiger partial charge is 0.411 e. The van der Waals surface area contributed by atoms with Crippen molar-refractivity contribution in [1.29, 1.82) is 0 Å². The highest BCUT2D eigenvalue weighted by molar-refractivity contribution is 6.42. The molecule has 1 heterocycles. The lowest BCUT2D eigenvalue weighted by atomic mass is 9.99. The lowest BCUT2D eigenvalue weighted by Gasteiger charge is -2.35. The fourth-order valence-corrected chi connectivity index (χ4v) is 6.56. The Bertz CT molecular complexity index is 2010. The molecular formula is C40H44Cl2N4O5. The molecule has 0 bridgehead atoms. The van der Waals surface area contributed by atoms with Gasteiger partial charge in [-0.15, -0.1) is 0 Å². The van der Waals surface area contributed by atoms with Crippen LogP contribution >= 0.6 is 23.2 Å². The van der Waals surface area contributed by atoms with E-state index in [0.717, 1.165) is 38.4 Å². The maximum atomic E-state index is 14.5. The molecule has 1 aromatic heterocycles. The average molecular weight is 732 g/mol. The molecule has 0 saturated carbocycles. The molecule has 0 aliphatic heterocycles. The molecule has 0 fully saturated rings. The van der Waals surface area contributed by atoms with Crippen LogP contribution in [0.1, 0.15) is 43.9 Å². The number of carboxylic acids is 1. The van der Waals surface area contributed by atoms with Gasteiger partial charge >= 0.3 is 12.1 Å². The number of hydrogen-bond acceptors (Lipinski definition) is 5. The molecule has 0 aliphatic carbocycles. The molecule has 0 radical (unpaired) electrons. The Morgan fingerprint density at radius 3 is 2.31 bits per heavy atom. The number of hydrogen-bond donors (Lipinski definition) is 3. The molecule has 0 unspecified atom stereocenters. The number of ether oxygens (including phenoxy) is 1. The number of carbonyl (C=O) groups is 3. The van der Waals surface area contributed by atoms with Gasteiger partial charge < -0.3 is 25.0 Å². The molecule has 5 rings (SSSR count). The summed E-state index contributed by atoms with van der Waals surface area (Å²) in [4.78, 5) is 46.7. The number of amides is 2. The van der Waals surface area contributed by atoms with Crippen molar-refractivity contribution in [3.63, 3.8) is 0 Å². The molecule has 4 aromatic carbocycles. The highest BCUT2D eigenvalue weighted by Crippen LogP contribution is 2.25. The number of halogens is 2. The van der Waals surface area contributed by atoms with Crippen LogP contribution in [0.5, 0.6) is 0 Å². The lowest BCUT2D eigenvalue weighted by Crippen LogP contribution is -2.54. The van der Waals surface area contributed by atoms with Gasteiger partial charge in [-0.2, -0.15) is 0 Å². The Labute approximate surface area is 308 Å². The number of aliphatic carboxylic acids is 1. The van der Waals surface area contributed by atoms with Crippen molar-refractivity contribution < 1.29 is 24.2 Å². The number of carbonyl (C=O) groups excluding carboxylic acids is 2. The first-order valence-electron chi connectivity index (χ1n) is 16.9. The Balaban J connectivity index is 1.44. The predicted octanol–water partition coefficient (Wildman–Crippen LogP) is 8.11. The summed E-state index contributed by atoms with van der Waals surface area (Å²) in [5.74, 6) is -1.23. The minimum atomic E-state index is -0.942. The van der Waals surface area contributed by atoms with Gasteiger partial charge in [-0.1, -0.05) is 89.9 Å². The number of H-pyrrole nitrogens is 1. The van der Waals surface area contributed by atoms with Crippen LogP contribution in [-0.2, 0) is 33.7 Å². The SMILES string of the molecule is CN(Cc1ccc(Cl)c(Cl)c1)C(=O)[C@H](Cc1ccc2ccccc2c1)N(CCN[C@H](CC(=O)O)Cc1c[nH]c2ccccc12)C(=O)OC(C)(C)C. The van der Waals surface area contributed by atoms with Crippen molar-refractivity contribution in [3.8, 4) is 0 Å². The first-order valence-corrected chi connectivity index (χ1v) is 17.7. The fraction of sp³-hybridized carbons (Fsp3) is 0.325. The topological polar surface area (TPSA) is 115 Å². The summed E-state index contributed by atoms with van der Waals surface area (Å²) in [7, 11) is 1.69. The number of fused-ring (bicyclic) bond motifs is 2. The zero-order valence-corrected chi connectivity index (χ0v) is 30.8. The van der Waals surface area contributed by atoms with E-state index in [-0.39, 0.29) is 38.4 Å². The van der Waals surface area contributed by atoms with Gasteiger partial charge in [0, 0.05) is 56.2 Å². The molecule has 3 N–H and O–H groups in total. The van der Waals surface area contributed by atoms with Gasteiger partial charge in [0.05, 0.1) is 16.5 Å². The van der Waals surface area contributed by atoms with Crippen LogP contribution in [0.15, 0.2) is 91.1 Å². The Morgan fingerprint density at radius 1 is 0.882 bits per heavy atom. The number of benzene rings is 4. The van der Waals surface area contributed by atoms with Crippen LogP contribution in [0.4, 0.5) is 4.79 Å². The van der Waals surface area contributed by atoms with Crippen LogP contribution in [0.2, 0.25) is 10.0 Å². The number of aromatic nitrogens is 1. The number of aromatic amines is 1. The van der Waals surface area contributed by atoms with Crippen LogP contribution in [0.25, 0.3) is 21.7 Å². The predicted molar refractivity (Wildman–Crippen MR) is 203 cm³/mol. The second kappa shape index (κ2) is 16.6. The highest BCUT2D eigenvalue weighted by atomic mass is 35.5. The van der Waals surface area contributed by atoms with Gasteiger partial charge in [-0.25, -0.2) is 4.79 Å². The molecule has 0 aliphatic rings. The van der Waals surface area contributed by atoms with Gasteiger partial charge in [-0.05, 0) is 72.9 Å². The number of carboxylic acid groups (broad SMARTS) is 1. The van der Waals surface area contributed by atoms with E-state index < -0.39 is 29.7 Å². The minimum absolute atomic E-state index is 0.0868. The van der Waals surface area contributed by atoms with Crippen LogP contribution in [0, 0.1) is 0 Å². The zero-order chi connectivity index (χ0) is 36.7. The van der Waals surface area contributed by atoms with E-state index in [0.29, 0.717) is 16.5 Å². The molecule has 11 heteroatoms. The third-order valence-corrected chi connectivity index (χ3v) is 9.40. The van der Waals surface area contributed by atoms with Crippen molar-refractivity contribution >= 4 is 62.8 Å².